The van der Waals surface area contributed by atoms with Gasteiger partial charge in [-0.05, 0) is 29.8 Å². The Balaban J connectivity index is 1.36. The smallest absolute Gasteiger partial charge is 0.227 e. The van der Waals surface area contributed by atoms with Gasteiger partial charge in [0.15, 0.2) is 5.82 Å². The number of aromatic nitrogens is 2. The van der Waals surface area contributed by atoms with Crippen molar-refractivity contribution in [2.75, 3.05) is 31.1 Å². The zero-order valence-corrected chi connectivity index (χ0v) is 17.3. The fourth-order valence-electron chi connectivity index (χ4n) is 3.41. The Morgan fingerprint density at radius 1 is 0.828 bits per heavy atom. The molecule has 148 valence electrons. The number of halogens is 2. The lowest BCUT2D eigenvalue weighted by molar-refractivity contribution is -0.130. The minimum atomic E-state index is 0.0953. The van der Waals surface area contributed by atoms with Crippen molar-refractivity contribution in [1.82, 2.24) is 15.1 Å². The molecule has 1 saturated heterocycles. The van der Waals surface area contributed by atoms with E-state index >= 15 is 0 Å². The molecule has 1 aliphatic heterocycles. The number of anilines is 1. The third-order valence-electron chi connectivity index (χ3n) is 5.06. The van der Waals surface area contributed by atoms with Crippen LogP contribution >= 0.6 is 23.2 Å². The van der Waals surface area contributed by atoms with Crippen molar-refractivity contribution in [3.05, 3.63) is 76.3 Å². The third kappa shape index (κ3) is 4.52. The Morgan fingerprint density at radius 3 is 2.17 bits per heavy atom. The van der Waals surface area contributed by atoms with E-state index in [0.717, 1.165) is 22.6 Å². The largest absolute Gasteiger partial charge is 0.352 e. The summed E-state index contributed by atoms with van der Waals surface area (Å²) in [6.45, 7) is 2.73. The molecule has 0 atom stereocenters. The summed E-state index contributed by atoms with van der Waals surface area (Å²) in [5.74, 6) is 0.900. The van der Waals surface area contributed by atoms with Gasteiger partial charge in [0.25, 0.3) is 0 Å². The predicted molar refractivity (Wildman–Crippen MR) is 116 cm³/mol. The van der Waals surface area contributed by atoms with Crippen LogP contribution in [0.5, 0.6) is 0 Å². The summed E-state index contributed by atoms with van der Waals surface area (Å²) in [5.41, 5.74) is 2.47. The highest BCUT2D eigenvalue weighted by Crippen LogP contribution is 2.26. The maximum atomic E-state index is 12.6. The van der Waals surface area contributed by atoms with E-state index in [4.69, 9.17) is 23.2 Å². The van der Waals surface area contributed by atoms with Crippen LogP contribution in [0.4, 0.5) is 5.82 Å². The van der Waals surface area contributed by atoms with Crippen LogP contribution in [0.3, 0.4) is 0 Å². The van der Waals surface area contributed by atoms with Gasteiger partial charge in [-0.1, -0.05) is 59.6 Å². The Morgan fingerprint density at radius 2 is 1.52 bits per heavy atom. The molecule has 0 unspecified atom stereocenters. The molecule has 2 aromatic carbocycles. The van der Waals surface area contributed by atoms with E-state index in [1.807, 2.05) is 65.6 Å². The molecular formula is C22H20Cl2N4O. The third-order valence-corrected chi connectivity index (χ3v) is 5.75. The number of rotatable bonds is 4. The quantitative estimate of drug-likeness (QED) is 0.622. The van der Waals surface area contributed by atoms with Gasteiger partial charge in [-0.15, -0.1) is 10.2 Å². The van der Waals surface area contributed by atoms with E-state index in [1.54, 1.807) is 0 Å². The maximum Gasteiger partial charge on any atom is 0.227 e. The molecule has 4 rings (SSSR count). The van der Waals surface area contributed by atoms with Crippen LogP contribution in [0, 0.1) is 0 Å². The minimum Gasteiger partial charge on any atom is -0.352 e. The van der Waals surface area contributed by atoms with Crippen molar-refractivity contribution in [1.29, 1.82) is 0 Å². The van der Waals surface area contributed by atoms with Crippen molar-refractivity contribution >= 4 is 34.9 Å². The summed E-state index contributed by atoms with van der Waals surface area (Å²) < 4.78 is 0. The van der Waals surface area contributed by atoms with Gasteiger partial charge in [0.05, 0.1) is 17.1 Å². The number of carbonyl (C=O) groups is 1. The van der Waals surface area contributed by atoms with E-state index in [2.05, 4.69) is 15.1 Å². The molecule has 1 aliphatic rings. The molecule has 0 radical (unpaired) electrons. The average Bonchev–Trinajstić information content (AvgIpc) is 2.76. The minimum absolute atomic E-state index is 0.0953. The Kier molecular flexibility index (Phi) is 5.97. The summed E-state index contributed by atoms with van der Waals surface area (Å²) in [6.07, 6.45) is 0.325. The van der Waals surface area contributed by atoms with Gasteiger partial charge in [-0.2, -0.15) is 0 Å². The fourth-order valence-corrected chi connectivity index (χ4v) is 3.84. The van der Waals surface area contributed by atoms with E-state index < -0.39 is 0 Å². The van der Waals surface area contributed by atoms with Gasteiger partial charge in [0.1, 0.15) is 0 Å². The summed E-state index contributed by atoms with van der Waals surface area (Å²) in [7, 11) is 0. The Hall–Kier alpha value is -2.63. The van der Waals surface area contributed by atoms with Crippen LogP contribution in [-0.4, -0.2) is 47.2 Å². The molecule has 3 aromatic rings. The highest BCUT2D eigenvalue weighted by atomic mass is 35.5. The molecule has 29 heavy (non-hydrogen) atoms. The molecule has 0 saturated carbocycles. The van der Waals surface area contributed by atoms with Gasteiger partial charge < -0.3 is 9.80 Å². The van der Waals surface area contributed by atoms with E-state index in [9.17, 15) is 4.79 Å². The standard InChI is InChI=1S/C22H20Cl2N4O/c23-18-7-3-1-5-16(18)15-22(29)28-13-11-27(12-14-28)21-10-9-20(25-26-21)17-6-2-4-8-19(17)24/h1-10H,11-15H2. The molecule has 7 heteroatoms. The molecule has 0 bridgehead atoms. The lowest BCUT2D eigenvalue weighted by Gasteiger charge is -2.35. The SMILES string of the molecule is O=C(Cc1ccccc1Cl)N1CCN(c2ccc(-c3ccccc3Cl)nn2)CC1. The maximum absolute atomic E-state index is 12.6. The topological polar surface area (TPSA) is 49.3 Å². The van der Waals surface area contributed by atoms with Crippen molar-refractivity contribution in [2.45, 2.75) is 6.42 Å². The highest BCUT2D eigenvalue weighted by Gasteiger charge is 2.22. The second kappa shape index (κ2) is 8.80. The van der Waals surface area contributed by atoms with Crippen LogP contribution in [0.25, 0.3) is 11.3 Å². The molecule has 2 heterocycles. The lowest BCUT2D eigenvalue weighted by atomic mass is 10.1. The van der Waals surface area contributed by atoms with Crippen LogP contribution in [0.2, 0.25) is 10.0 Å². The molecule has 0 N–H and O–H groups in total. The summed E-state index contributed by atoms with van der Waals surface area (Å²) in [4.78, 5) is 16.6. The molecule has 5 nitrogen and oxygen atoms in total. The Bertz CT molecular complexity index is 1000. The molecule has 1 amide bonds. The first-order chi connectivity index (χ1) is 14.1. The highest BCUT2D eigenvalue weighted by molar-refractivity contribution is 6.33. The number of hydrogen-bond donors (Lipinski definition) is 0. The monoisotopic (exact) mass is 426 g/mol. The molecule has 0 spiro atoms. The zero-order chi connectivity index (χ0) is 20.2. The van der Waals surface area contributed by atoms with Crippen molar-refractivity contribution in [3.63, 3.8) is 0 Å². The average molecular weight is 427 g/mol. The predicted octanol–water partition coefficient (Wildman–Crippen LogP) is 4.34. The van der Waals surface area contributed by atoms with Gasteiger partial charge in [0.2, 0.25) is 5.91 Å². The number of piperazine rings is 1. The molecule has 0 aliphatic carbocycles. The number of carbonyl (C=O) groups excluding carboxylic acids is 1. The number of hydrogen-bond acceptors (Lipinski definition) is 4. The summed E-state index contributed by atoms with van der Waals surface area (Å²) >= 11 is 12.4. The first kappa shape index (κ1) is 19.7. The molecule has 1 aromatic heterocycles. The van der Waals surface area contributed by atoms with E-state index in [-0.39, 0.29) is 5.91 Å². The van der Waals surface area contributed by atoms with E-state index in [0.29, 0.717) is 42.6 Å². The van der Waals surface area contributed by atoms with Crippen LogP contribution in [0.1, 0.15) is 5.56 Å². The Labute approximate surface area is 179 Å². The fraction of sp³-hybridized carbons (Fsp3) is 0.227. The van der Waals surface area contributed by atoms with Crippen molar-refractivity contribution in [2.24, 2.45) is 0 Å². The van der Waals surface area contributed by atoms with Crippen LogP contribution < -0.4 is 4.90 Å². The van der Waals surface area contributed by atoms with Crippen LogP contribution in [0.15, 0.2) is 60.7 Å². The first-order valence-corrected chi connectivity index (χ1v) is 10.2. The van der Waals surface area contributed by atoms with E-state index in [1.165, 1.54) is 0 Å². The van der Waals surface area contributed by atoms with Gasteiger partial charge >= 0.3 is 0 Å². The summed E-state index contributed by atoms with van der Waals surface area (Å²) in [5, 5.41) is 9.98. The molecule has 1 fully saturated rings. The number of nitrogens with zero attached hydrogens (tertiary/aromatic N) is 4. The van der Waals surface area contributed by atoms with Crippen molar-refractivity contribution < 1.29 is 4.79 Å². The first-order valence-electron chi connectivity index (χ1n) is 9.46. The lowest BCUT2D eigenvalue weighted by Crippen LogP contribution is -2.49. The van der Waals surface area contributed by atoms with Crippen molar-refractivity contribution in [3.8, 4) is 11.3 Å². The van der Waals surface area contributed by atoms with Crippen LogP contribution in [-0.2, 0) is 11.2 Å². The second-order valence-electron chi connectivity index (χ2n) is 6.89. The van der Waals surface area contributed by atoms with Gasteiger partial charge in [-0.25, -0.2) is 0 Å². The second-order valence-corrected chi connectivity index (χ2v) is 7.71. The summed E-state index contributed by atoms with van der Waals surface area (Å²) in [6, 6.07) is 18.9. The molecular weight excluding hydrogens is 407 g/mol. The van der Waals surface area contributed by atoms with Gasteiger partial charge in [0, 0.05) is 36.8 Å². The number of benzene rings is 2. The normalized spacial score (nSPS) is 14.1. The zero-order valence-electron chi connectivity index (χ0n) is 15.8. The number of amides is 1. The van der Waals surface area contributed by atoms with Gasteiger partial charge in [-0.3, -0.25) is 4.79 Å².